The van der Waals surface area contributed by atoms with Crippen LogP contribution >= 0.6 is 0 Å². The van der Waals surface area contributed by atoms with Gasteiger partial charge in [-0.1, -0.05) is 39.8 Å². The number of carbonyl (C=O) groups is 2. The highest BCUT2D eigenvalue weighted by Crippen LogP contribution is 2.34. The minimum atomic E-state index is 0.00139. The van der Waals surface area contributed by atoms with E-state index in [1.165, 1.54) is 0 Å². The van der Waals surface area contributed by atoms with Gasteiger partial charge >= 0.3 is 0 Å². The van der Waals surface area contributed by atoms with Gasteiger partial charge in [0.2, 0.25) is 0 Å². The van der Waals surface area contributed by atoms with Crippen molar-refractivity contribution in [3.63, 3.8) is 0 Å². The third-order valence-electron chi connectivity index (χ3n) is 8.30. The van der Waals surface area contributed by atoms with Crippen LogP contribution in [0.4, 0.5) is 11.6 Å². The first kappa shape index (κ1) is 35.3. The molecule has 0 saturated heterocycles. The Labute approximate surface area is 264 Å². The number of anilines is 2. The van der Waals surface area contributed by atoms with Crippen molar-refractivity contribution in [3.8, 4) is 0 Å². The molecular weight excluding hydrogens is 552 g/mol. The predicted octanol–water partition coefficient (Wildman–Crippen LogP) is 4.56. The number of aromatic nitrogens is 2. The van der Waals surface area contributed by atoms with E-state index < -0.39 is 0 Å². The second-order valence-electron chi connectivity index (χ2n) is 11.9. The van der Waals surface area contributed by atoms with Crippen molar-refractivity contribution in [2.24, 2.45) is 0 Å². The van der Waals surface area contributed by atoms with E-state index in [9.17, 15) is 9.59 Å². The number of Topliss-reactive ketones (excluding diaryl/α,β-unsaturated/α-hetero) is 2. The van der Waals surface area contributed by atoms with E-state index in [-0.39, 0.29) is 11.6 Å². The van der Waals surface area contributed by atoms with Gasteiger partial charge < -0.3 is 30.2 Å². The molecule has 0 spiro atoms. The highest BCUT2D eigenvalue weighted by Gasteiger charge is 2.23. The first-order valence-corrected chi connectivity index (χ1v) is 16.2. The molecule has 242 valence electrons. The van der Waals surface area contributed by atoms with Crippen molar-refractivity contribution in [3.05, 3.63) is 35.4 Å². The van der Waals surface area contributed by atoms with Crippen LogP contribution in [0.25, 0.3) is 21.5 Å². The maximum Gasteiger partial charge on any atom is 0.165 e. The van der Waals surface area contributed by atoms with Crippen LogP contribution in [-0.4, -0.2) is 135 Å². The molecule has 10 nitrogen and oxygen atoms in total. The minimum absolute atomic E-state index is 0.00139. The Balaban J connectivity index is 2.19. The number of carbonyl (C=O) groups excluding carboxylic acids is 2. The van der Waals surface area contributed by atoms with E-state index in [0.29, 0.717) is 55.2 Å². The number of ketones is 2. The first-order chi connectivity index (χ1) is 21.1. The highest BCUT2D eigenvalue weighted by atomic mass is 16.1. The van der Waals surface area contributed by atoms with E-state index in [4.69, 9.17) is 0 Å². The molecule has 0 radical (unpaired) electrons. The van der Waals surface area contributed by atoms with Crippen LogP contribution in [0.3, 0.4) is 0 Å². The average Bonchev–Trinajstić information content (AvgIpc) is 3.00. The Bertz CT molecular complexity index is 1380. The zero-order valence-electron chi connectivity index (χ0n) is 28.3. The van der Waals surface area contributed by atoms with Crippen molar-refractivity contribution >= 4 is 44.7 Å². The van der Waals surface area contributed by atoms with Crippen LogP contribution in [0, 0.1) is 0 Å². The summed E-state index contributed by atoms with van der Waals surface area (Å²) < 4.78 is 0. The van der Waals surface area contributed by atoms with Gasteiger partial charge in [0.1, 0.15) is 0 Å². The predicted molar refractivity (Wildman–Crippen MR) is 185 cm³/mol. The third-order valence-corrected chi connectivity index (χ3v) is 8.30. The van der Waals surface area contributed by atoms with Crippen LogP contribution in [0.2, 0.25) is 0 Å². The molecule has 3 aromatic rings. The SMILES string of the molecule is CCN(CC)CCC(=O)c1ccc2cc3c(NCCN(C)C)nnc(NCCN(C)C)c3cc2c1C(=O)CCN(CC)CC. The van der Waals surface area contributed by atoms with Crippen molar-refractivity contribution in [2.75, 3.05) is 104 Å². The van der Waals surface area contributed by atoms with Crippen molar-refractivity contribution in [1.82, 2.24) is 29.8 Å². The molecule has 0 amide bonds. The van der Waals surface area contributed by atoms with Gasteiger partial charge in [0.05, 0.1) is 0 Å². The van der Waals surface area contributed by atoms with Gasteiger partial charge in [-0.3, -0.25) is 9.59 Å². The number of nitrogens with zero attached hydrogens (tertiary/aromatic N) is 6. The molecule has 2 N–H and O–H groups in total. The molecule has 2 aromatic carbocycles. The Morgan fingerprint density at radius 3 is 1.59 bits per heavy atom. The molecule has 0 fully saturated rings. The fraction of sp³-hybridized carbons (Fsp3) is 0.588. The summed E-state index contributed by atoms with van der Waals surface area (Å²) in [4.78, 5) is 36.5. The Hall–Kier alpha value is -3.18. The van der Waals surface area contributed by atoms with Gasteiger partial charge in [-0.05, 0) is 77.3 Å². The first-order valence-electron chi connectivity index (χ1n) is 16.2. The van der Waals surface area contributed by atoms with E-state index in [0.717, 1.165) is 67.4 Å². The van der Waals surface area contributed by atoms with Crippen molar-refractivity contribution in [2.45, 2.75) is 40.5 Å². The fourth-order valence-corrected chi connectivity index (χ4v) is 5.42. The summed E-state index contributed by atoms with van der Waals surface area (Å²) in [6, 6.07) is 7.96. The van der Waals surface area contributed by atoms with Gasteiger partial charge in [-0.15, -0.1) is 10.2 Å². The van der Waals surface area contributed by atoms with Crippen LogP contribution in [0.1, 0.15) is 61.3 Å². The van der Waals surface area contributed by atoms with Crippen LogP contribution in [-0.2, 0) is 0 Å². The van der Waals surface area contributed by atoms with Gasteiger partial charge in [-0.2, -0.15) is 0 Å². The molecule has 0 aliphatic heterocycles. The van der Waals surface area contributed by atoms with Crippen LogP contribution in [0.15, 0.2) is 24.3 Å². The van der Waals surface area contributed by atoms with E-state index in [2.05, 4.69) is 74.2 Å². The van der Waals surface area contributed by atoms with Crippen molar-refractivity contribution in [1.29, 1.82) is 0 Å². The van der Waals surface area contributed by atoms with Crippen LogP contribution in [0.5, 0.6) is 0 Å². The summed E-state index contributed by atoms with van der Waals surface area (Å²) in [7, 11) is 8.14. The minimum Gasteiger partial charge on any atom is -0.367 e. The molecule has 0 bridgehead atoms. The maximum atomic E-state index is 14.1. The summed E-state index contributed by atoms with van der Waals surface area (Å²) in [5.41, 5.74) is 1.04. The summed E-state index contributed by atoms with van der Waals surface area (Å²) in [5.74, 6) is 1.38. The number of nitrogens with one attached hydrogen (secondary N) is 2. The normalized spacial score (nSPS) is 11.9. The highest BCUT2D eigenvalue weighted by molar-refractivity contribution is 6.19. The number of rotatable bonds is 20. The Morgan fingerprint density at radius 1 is 0.636 bits per heavy atom. The number of hydrogen-bond acceptors (Lipinski definition) is 10. The van der Waals surface area contributed by atoms with E-state index >= 15 is 0 Å². The van der Waals surface area contributed by atoms with Crippen LogP contribution < -0.4 is 10.6 Å². The molecule has 1 heterocycles. The monoisotopic (exact) mass is 606 g/mol. The van der Waals surface area contributed by atoms with E-state index in [1.54, 1.807) is 0 Å². The molecule has 0 saturated carbocycles. The zero-order valence-corrected chi connectivity index (χ0v) is 28.3. The molecule has 10 heteroatoms. The molecule has 3 rings (SSSR count). The summed E-state index contributed by atoms with van der Waals surface area (Å²) in [6.45, 7) is 16.4. The lowest BCUT2D eigenvalue weighted by Gasteiger charge is -2.20. The molecule has 0 unspecified atom stereocenters. The summed E-state index contributed by atoms with van der Waals surface area (Å²) >= 11 is 0. The Morgan fingerprint density at radius 2 is 1.11 bits per heavy atom. The summed E-state index contributed by atoms with van der Waals surface area (Å²) in [6.07, 6.45) is 0.731. The topological polar surface area (TPSA) is 96.9 Å². The quantitative estimate of drug-likeness (QED) is 0.141. The largest absolute Gasteiger partial charge is 0.367 e. The van der Waals surface area contributed by atoms with E-state index in [1.807, 2.05) is 46.4 Å². The molecule has 44 heavy (non-hydrogen) atoms. The summed E-state index contributed by atoms with van der Waals surface area (Å²) in [5, 5.41) is 19.5. The lowest BCUT2D eigenvalue weighted by Crippen LogP contribution is -2.27. The fourth-order valence-electron chi connectivity index (χ4n) is 5.42. The maximum absolute atomic E-state index is 14.1. The lowest BCUT2D eigenvalue weighted by molar-refractivity contribution is 0.0934. The second-order valence-corrected chi connectivity index (χ2v) is 11.9. The van der Waals surface area contributed by atoms with Gasteiger partial charge in [0.15, 0.2) is 23.2 Å². The van der Waals surface area contributed by atoms with Gasteiger partial charge in [0.25, 0.3) is 0 Å². The molecule has 0 atom stereocenters. The molecular formula is C34H54N8O2. The zero-order chi connectivity index (χ0) is 32.2. The number of likely N-dealkylation sites (N-methyl/N-ethyl adjacent to an activating group) is 2. The molecule has 0 aliphatic rings. The molecule has 1 aromatic heterocycles. The number of benzene rings is 2. The van der Waals surface area contributed by atoms with Gasteiger partial charge in [-0.25, -0.2) is 0 Å². The lowest BCUT2D eigenvalue weighted by atomic mass is 9.90. The standard InChI is InChI=1S/C34H54N8O2/c1-9-41(10-2)19-15-30(43)26-14-13-25-23-28-29(24-27(25)32(26)31(44)16-20-42(11-3)12-4)34(36-18-22-40(7)8)38-37-33(28)35-17-21-39(5)6/h13-14,23-24H,9-12,15-22H2,1-8H3,(H,35,37)(H,36,38). The smallest absolute Gasteiger partial charge is 0.165 e. The number of fused-ring (bicyclic) bond motifs is 2. The van der Waals surface area contributed by atoms with Crippen molar-refractivity contribution < 1.29 is 9.59 Å². The number of hydrogen-bond donors (Lipinski definition) is 2. The van der Waals surface area contributed by atoms with Gasteiger partial charge in [0, 0.05) is 74.0 Å². The average molecular weight is 607 g/mol. The third kappa shape index (κ3) is 9.41. The Kier molecular flexibility index (Phi) is 13.9. The second kappa shape index (κ2) is 17.3. The molecule has 0 aliphatic carbocycles.